The molecule has 0 aliphatic carbocycles. The molecule has 0 unspecified atom stereocenters. The molecule has 2 aromatic rings. The summed E-state index contributed by atoms with van der Waals surface area (Å²) in [5.41, 5.74) is 2.06. The first-order chi connectivity index (χ1) is 9.43. The van der Waals surface area contributed by atoms with E-state index in [1.807, 2.05) is 13.8 Å². The first-order valence-corrected chi connectivity index (χ1v) is 6.41. The van der Waals surface area contributed by atoms with Crippen LogP contribution in [0.25, 0.3) is 0 Å². The highest BCUT2D eigenvalue weighted by molar-refractivity contribution is 5.68. The Morgan fingerprint density at radius 2 is 2.10 bits per heavy atom. The number of nitro groups is 1. The molecule has 2 rings (SSSR count). The molecular formula is C12H18N6O2. The molecule has 0 fully saturated rings. The maximum absolute atomic E-state index is 11.3. The van der Waals surface area contributed by atoms with E-state index in [1.54, 1.807) is 25.0 Å². The van der Waals surface area contributed by atoms with E-state index in [-0.39, 0.29) is 10.6 Å². The van der Waals surface area contributed by atoms with E-state index < -0.39 is 0 Å². The third-order valence-electron chi connectivity index (χ3n) is 3.03. The highest BCUT2D eigenvalue weighted by Crippen LogP contribution is 2.32. The van der Waals surface area contributed by atoms with Crippen molar-refractivity contribution in [3.05, 3.63) is 27.7 Å². The lowest BCUT2D eigenvalue weighted by molar-refractivity contribution is -0.384. The molecule has 0 saturated carbocycles. The van der Waals surface area contributed by atoms with Gasteiger partial charge in [-0.2, -0.15) is 10.2 Å². The van der Waals surface area contributed by atoms with Crippen molar-refractivity contribution in [2.75, 3.05) is 5.32 Å². The maximum Gasteiger partial charge on any atom is 0.334 e. The second-order valence-corrected chi connectivity index (χ2v) is 4.70. The van der Waals surface area contributed by atoms with Gasteiger partial charge in [-0.15, -0.1) is 0 Å². The predicted molar refractivity (Wildman–Crippen MR) is 75.1 cm³/mol. The van der Waals surface area contributed by atoms with Crippen LogP contribution in [0.3, 0.4) is 0 Å². The van der Waals surface area contributed by atoms with Gasteiger partial charge >= 0.3 is 5.69 Å². The van der Waals surface area contributed by atoms with E-state index >= 15 is 0 Å². The summed E-state index contributed by atoms with van der Waals surface area (Å²) in [7, 11) is 3.50. The summed E-state index contributed by atoms with van der Waals surface area (Å²) in [6, 6.07) is 0. The van der Waals surface area contributed by atoms with Crippen molar-refractivity contribution in [3.63, 3.8) is 0 Å². The molecule has 0 aliphatic rings. The lowest BCUT2D eigenvalue weighted by Crippen LogP contribution is -2.01. The summed E-state index contributed by atoms with van der Waals surface area (Å²) in [5, 5.41) is 22.8. The van der Waals surface area contributed by atoms with Crippen molar-refractivity contribution in [2.45, 2.75) is 26.7 Å². The Kier molecular flexibility index (Phi) is 3.73. The fourth-order valence-corrected chi connectivity index (χ4v) is 2.16. The maximum atomic E-state index is 11.3. The minimum Gasteiger partial charge on any atom is -0.332 e. The molecule has 2 heterocycles. The quantitative estimate of drug-likeness (QED) is 0.667. The van der Waals surface area contributed by atoms with E-state index in [0.29, 0.717) is 17.9 Å². The van der Waals surface area contributed by atoms with Gasteiger partial charge in [0.15, 0.2) is 0 Å². The summed E-state index contributed by atoms with van der Waals surface area (Å²) in [6.07, 6.45) is 3.17. The summed E-state index contributed by atoms with van der Waals surface area (Å²) in [6.45, 7) is 3.81. The van der Waals surface area contributed by atoms with Gasteiger partial charge in [0.1, 0.15) is 5.69 Å². The SMILES string of the molecule is CCCc1nn(C)c(Nc2cn(C)nc2C)c1[N+](=O)[O-]. The fourth-order valence-electron chi connectivity index (χ4n) is 2.16. The van der Waals surface area contributed by atoms with Crippen LogP contribution in [0.2, 0.25) is 0 Å². The highest BCUT2D eigenvalue weighted by atomic mass is 16.6. The van der Waals surface area contributed by atoms with Crippen molar-refractivity contribution in [3.8, 4) is 0 Å². The van der Waals surface area contributed by atoms with Crippen LogP contribution >= 0.6 is 0 Å². The minimum absolute atomic E-state index is 0.0394. The fraction of sp³-hybridized carbons (Fsp3) is 0.500. The number of rotatable bonds is 5. The molecule has 20 heavy (non-hydrogen) atoms. The van der Waals surface area contributed by atoms with Crippen molar-refractivity contribution in [1.29, 1.82) is 0 Å². The number of aryl methyl sites for hydroxylation is 4. The topological polar surface area (TPSA) is 90.8 Å². The van der Waals surface area contributed by atoms with Crippen LogP contribution in [-0.2, 0) is 20.5 Å². The lowest BCUT2D eigenvalue weighted by Gasteiger charge is -2.04. The second kappa shape index (κ2) is 5.32. The van der Waals surface area contributed by atoms with Gasteiger partial charge in [0.2, 0.25) is 5.82 Å². The van der Waals surface area contributed by atoms with Crippen LogP contribution in [0.4, 0.5) is 17.2 Å². The van der Waals surface area contributed by atoms with E-state index in [1.165, 1.54) is 4.68 Å². The van der Waals surface area contributed by atoms with Gasteiger partial charge in [-0.3, -0.25) is 14.8 Å². The Hall–Kier alpha value is -2.38. The van der Waals surface area contributed by atoms with Crippen LogP contribution in [0.1, 0.15) is 24.7 Å². The smallest absolute Gasteiger partial charge is 0.332 e. The Bertz CT molecular complexity index is 643. The standard InChI is InChI=1S/C12H18N6O2/c1-5-6-9-11(18(19)20)12(17(4)15-9)13-10-7-16(3)14-8(10)2/h7,13H,5-6H2,1-4H3. The van der Waals surface area contributed by atoms with Gasteiger partial charge in [-0.25, -0.2) is 4.68 Å². The predicted octanol–water partition coefficient (Wildman–Crippen LogP) is 2.07. The molecule has 0 atom stereocenters. The zero-order valence-corrected chi connectivity index (χ0v) is 12.0. The molecule has 0 radical (unpaired) electrons. The van der Waals surface area contributed by atoms with Crippen LogP contribution < -0.4 is 5.32 Å². The highest BCUT2D eigenvalue weighted by Gasteiger charge is 2.26. The molecule has 0 amide bonds. The van der Waals surface area contributed by atoms with E-state index in [2.05, 4.69) is 15.5 Å². The molecule has 0 aliphatic heterocycles. The Balaban J connectivity index is 2.45. The molecule has 8 heteroatoms. The molecule has 0 bridgehead atoms. The van der Waals surface area contributed by atoms with Crippen LogP contribution in [-0.4, -0.2) is 24.5 Å². The lowest BCUT2D eigenvalue weighted by atomic mass is 10.2. The molecule has 2 aromatic heterocycles. The molecular weight excluding hydrogens is 260 g/mol. The van der Waals surface area contributed by atoms with Gasteiger partial charge < -0.3 is 5.32 Å². The van der Waals surface area contributed by atoms with Gasteiger partial charge in [0, 0.05) is 20.3 Å². The van der Waals surface area contributed by atoms with Crippen molar-refractivity contribution in [2.24, 2.45) is 14.1 Å². The number of hydrogen-bond donors (Lipinski definition) is 1. The number of hydrogen-bond acceptors (Lipinski definition) is 5. The van der Waals surface area contributed by atoms with Gasteiger partial charge in [0.25, 0.3) is 0 Å². The average Bonchev–Trinajstić information content (AvgIpc) is 2.81. The molecule has 8 nitrogen and oxygen atoms in total. The molecule has 0 spiro atoms. The van der Waals surface area contributed by atoms with Gasteiger partial charge in [-0.05, 0) is 13.3 Å². The Morgan fingerprint density at radius 1 is 1.40 bits per heavy atom. The third-order valence-corrected chi connectivity index (χ3v) is 3.03. The van der Waals surface area contributed by atoms with Crippen molar-refractivity contribution in [1.82, 2.24) is 19.6 Å². The second-order valence-electron chi connectivity index (χ2n) is 4.70. The summed E-state index contributed by atoms with van der Waals surface area (Å²) in [5.74, 6) is 0.384. The van der Waals surface area contributed by atoms with Crippen LogP contribution in [0.15, 0.2) is 6.20 Å². The summed E-state index contributed by atoms with van der Waals surface area (Å²) < 4.78 is 3.17. The molecule has 1 N–H and O–H groups in total. The normalized spacial score (nSPS) is 10.8. The van der Waals surface area contributed by atoms with E-state index in [0.717, 1.165) is 17.8 Å². The first kappa shape index (κ1) is 14.0. The molecule has 0 aromatic carbocycles. The zero-order valence-electron chi connectivity index (χ0n) is 12.0. The summed E-state index contributed by atoms with van der Waals surface area (Å²) in [4.78, 5) is 10.9. The molecule has 108 valence electrons. The van der Waals surface area contributed by atoms with Gasteiger partial charge in [-0.1, -0.05) is 13.3 Å². The van der Waals surface area contributed by atoms with E-state index in [9.17, 15) is 10.1 Å². The molecule has 0 saturated heterocycles. The first-order valence-electron chi connectivity index (χ1n) is 6.41. The number of nitrogens with one attached hydrogen (secondary N) is 1. The minimum atomic E-state index is -0.383. The number of nitrogens with zero attached hydrogens (tertiary/aromatic N) is 5. The number of aromatic nitrogens is 4. The average molecular weight is 278 g/mol. The monoisotopic (exact) mass is 278 g/mol. The van der Waals surface area contributed by atoms with Gasteiger partial charge in [0.05, 0.1) is 16.3 Å². The summed E-state index contributed by atoms with van der Waals surface area (Å²) >= 11 is 0. The van der Waals surface area contributed by atoms with Crippen molar-refractivity contribution >= 4 is 17.2 Å². The van der Waals surface area contributed by atoms with Crippen LogP contribution in [0.5, 0.6) is 0 Å². The number of anilines is 2. The zero-order chi connectivity index (χ0) is 14.9. The Labute approximate surface area is 116 Å². The largest absolute Gasteiger partial charge is 0.334 e. The Morgan fingerprint density at radius 3 is 2.60 bits per heavy atom. The van der Waals surface area contributed by atoms with E-state index in [4.69, 9.17) is 0 Å². The van der Waals surface area contributed by atoms with Crippen LogP contribution in [0, 0.1) is 17.0 Å². The third kappa shape index (κ3) is 2.49. The van der Waals surface area contributed by atoms with Crippen molar-refractivity contribution < 1.29 is 4.92 Å².